The van der Waals surface area contributed by atoms with E-state index in [2.05, 4.69) is 33.4 Å². The number of likely N-dealkylation sites (tertiary alicyclic amines) is 1. The lowest BCUT2D eigenvalue weighted by Gasteiger charge is -2.30. The second-order valence-corrected chi connectivity index (χ2v) is 9.46. The predicted molar refractivity (Wildman–Crippen MR) is 120 cm³/mol. The van der Waals surface area contributed by atoms with E-state index in [0.717, 1.165) is 60.5 Å². The average molecular weight is 434 g/mol. The number of nitrogens with zero attached hydrogens (tertiary/aromatic N) is 4. The van der Waals surface area contributed by atoms with Crippen LogP contribution in [-0.2, 0) is 9.53 Å². The Morgan fingerprint density at radius 1 is 1.34 bits per heavy atom. The number of amides is 1. The lowest BCUT2D eigenvalue weighted by atomic mass is 10.0. The van der Waals surface area contributed by atoms with Crippen LogP contribution >= 0.6 is 0 Å². The van der Waals surface area contributed by atoms with Crippen LogP contribution in [0, 0.1) is 12.8 Å². The Hall–Kier alpha value is -2.97. The molecule has 5 heterocycles. The number of pyridine rings is 2. The number of hydrogen-bond acceptors (Lipinski definition) is 6. The van der Waals surface area contributed by atoms with Crippen molar-refractivity contribution in [3.8, 4) is 16.9 Å². The summed E-state index contributed by atoms with van der Waals surface area (Å²) in [6.07, 6.45) is 6.66. The van der Waals surface area contributed by atoms with Crippen molar-refractivity contribution in [2.45, 2.75) is 37.8 Å². The zero-order valence-electron chi connectivity index (χ0n) is 18.4. The number of aromatic nitrogens is 3. The third-order valence-electron chi connectivity index (χ3n) is 6.82. The molecule has 2 bridgehead atoms. The van der Waals surface area contributed by atoms with E-state index in [4.69, 9.17) is 9.47 Å². The quantitative estimate of drug-likeness (QED) is 0.644. The highest BCUT2D eigenvalue weighted by atomic mass is 16.6. The third kappa shape index (κ3) is 3.53. The summed E-state index contributed by atoms with van der Waals surface area (Å²) in [5, 5.41) is 7.40. The Labute approximate surface area is 186 Å². The highest BCUT2D eigenvalue weighted by Gasteiger charge is 2.50. The molecule has 0 aromatic carbocycles. The third-order valence-corrected chi connectivity index (χ3v) is 6.82. The molecule has 6 rings (SSSR count). The van der Waals surface area contributed by atoms with Gasteiger partial charge in [0.2, 0.25) is 5.91 Å². The van der Waals surface area contributed by atoms with Crippen molar-refractivity contribution in [1.82, 2.24) is 19.5 Å². The summed E-state index contributed by atoms with van der Waals surface area (Å²) in [6.45, 7) is 4.16. The molecule has 8 nitrogen and oxygen atoms in total. The van der Waals surface area contributed by atoms with Gasteiger partial charge in [0.1, 0.15) is 18.0 Å². The molecular formula is C24H27N5O3. The molecule has 0 spiro atoms. The Morgan fingerprint density at radius 3 is 2.97 bits per heavy atom. The number of carbonyl (C=O) groups is 1. The van der Waals surface area contributed by atoms with E-state index in [0.29, 0.717) is 18.5 Å². The van der Waals surface area contributed by atoms with Crippen molar-refractivity contribution in [1.29, 1.82) is 0 Å². The van der Waals surface area contributed by atoms with Crippen LogP contribution in [0.1, 0.15) is 25.0 Å². The van der Waals surface area contributed by atoms with Crippen LogP contribution in [0.5, 0.6) is 5.75 Å². The van der Waals surface area contributed by atoms with Crippen molar-refractivity contribution in [3.05, 3.63) is 42.4 Å². The summed E-state index contributed by atoms with van der Waals surface area (Å²) in [4.78, 5) is 18.9. The van der Waals surface area contributed by atoms with E-state index in [1.54, 1.807) is 10.7 Å². The number of carbonyl (C=O) groups excluding carboxylic acids is 1. The van der Waals surface area contributed by atoms with Gasteiger partial charge in [0.05, 0.1) is 18.3 Å². The van der Waals surface area contributed by atoms with Gasteiger partial charge in [-0.3, -0.25) is 14.7 Å². The fraction of sp³-hybridized carbons (Fsp3) is 0.458. The summed E-state index contributed by atoms with van der Waals surface area (Å²) >= 11 is 0. The van der Waals surface area contributed by atoms with Crippen molar-refractivity contribution < 1.29 is 14.3 Å². The zero-order chi connectivity index (χ0) is 21.9. The van der Waals surface area contributed by atoms with Crippen LogP contribution < -0.4 is 10.1 Å². The number of likely N-dealkylation sites (N-methyl/N-ethyl adjacent to an activating group) is 1. The van der Waals surface area contributed by atoms with Crippen LogP contribution in [-0.4, -0.2) is 63.9 Å². The summed E-state index contributed by atoms with van der Waals surface area (Å²) in [7, 11) is 2.15. The predicted octanol–water partition coefficient (Wildman–Crippen LogP) is 2.91. The van der Waals surface area contributed by atoms with Crippen LogP contribution in [0.25, 0.3) is 16.6 Å². The molecule has 1 N–H and O–H groups in total. The van der Waals surface area contributed by atoms with Crippen molar-refractivity contribution in [3.63, 3.8) is 0 Å². The molecule has 3 aromatic heterocycles. The number of nitrogens with one attached hydrogen (secondary N) is 1. The molecule has 8 heteroatoms. The van der Waals surface area contributed by atoms with Crippen molar-refractivity contribution in [2.75, 3.05) is 32.1 Å². The molecule has 2 saturated heterocycles. The number of anilines is 1. The maximum atomic E-state index is 12.1. The topological polar surface area (TPSA) is 81.0 Å². The Bertz CT molecular complexity index is 1200. The molecule has 1 amide bonds. The first-order valence-corrected chi connectivity index (χ1v) is 11.2. The summed E-state index contributed by atoms with van der Waals surface area (Å²) in [5.74, 6) is 1.53. The van der Waals surface area contributed by atoms with E-state index in [1.165, 1.54) is 0 Å². The minimum Gasteiger partial charge on any atom is -0.488 e. The maximum absolute atomic E-state index is 12.1. The molecule has 166 valence electrons. The minimum atomic E-state index is -0.231. The smallest absolute Gasteiger partial charge is 0.228 e. The Morgan fingerprint density at radius 2 is 2.22 bits per heavy atom. The molecule has 3 fully saturated rings. The van der Waals surface area contributed by atoms with Crippen LogP contribution in [0.2, 0.25) is 0 Å². The van der Waals surface area contributed by atoms with Gasteiger partial charge in [-0.05, 0) is 57.0 Å². The number of hydrogen-bond donors (Lipinski definition) is 1. The molecule has 2 aliphatic heterocycles. The number of morpholine rings is 1. The second kappa shape index (κ2) is 7.28. The van der Waals surface area contributed by atoms with E-state index in [9.17, 15) is 4.79 Å². The number of rotatable bonds is 6. The van der Waals surface area contributed by atoms with Crippen LogP contribution in [0.3, 0.4) is 0 Å². The van der Waals surface area contributed by atoms with Gasteiger partial charge in [-0.1, -0.05) is 0 Å². The first kappa shape index (κ1) is 19.7. The standard InChI is InChI=1S/C24H27N5O3/c1-15-7-20(21(11-25-15)31-14-24-10-19(12-32-24)28(2)13-24)17-5-6-29-18(8-17)9-22(27-29)26-23(30)16-3-4-16/h5-9,11,16,19H,3-4,10,12-14H2,1-2H3,(H,26,27,30)/t19-,24-/m1/s1. The SMILES string of the molecule is Cc1cc(-c2ccn3nc(NC(=O)C4CC4)cc3c2)c(OC[C@]23C[C@H](CO2)N(C)C3)cn1. The van der Waals surface area contributed by atoms with Gasteiger partial charge in [0.25, 0.3) is 0 Å². The molecule has 2 atom stereocenters. The Kier molecular flexibility index (Phi) is 4.48. The highest BCUT2D eigenvalue weighted by Crippen LogP contribution is 2.38. The van der Waals surface area contributed by atoms with E-state index < -0.39 is 0 Å². The lowest BCUT2D eigenvalue weighted by Crippen LogP contribution is -2.44. The number of aryl methyl sites for hydroxylation is 1. The summed E-state index contributed by atoms with van der Waals surface area (Å²) in [5.41, 5.74) is 3.61. The van der Waals surface area contributed by atoms with E-state index in [1.807, 2.05) is 31.3 Å². The van der Waals surface area contributed by atoms with Gasteiger partial charge < -0.3 is 14.8 Å². The maximum Gasteiger partial charge on any atom is 0.228 e. The number of ether oxygens (including phenoxy) is 2. The molecule has 0 radical (unpaired) electrons. The van der Waals surface area contributed by atoms with Crippen molar-refractivity contribution in [2.24, 2.45) is 5.92 Å². The van der Waals surface area contributed by atoms with Gasteiger partial charge >= 0.3 is 0 Å². The van der Waals surface area contributed by atoms with Gasteiger partial charge in [-0.15, -0.1) is 0 Å². The fourth-order valence-corrected chi connectivity index (χ4v) is 4.84. The normalized spacial score (nSPS) is 24.9. The van der Waals surface area contributed by atoms with Gasteiger partial charge in [-0.2, -0.15) is 5.10 Å². The monoisotopic (exact) mass is 433 g/mol. The molecule has 0 unspecified atom stereocenters. The van der Waals surface area contributed by atoms with Gasteiger partial charge in [-0.25, -0.2) is 4.52 Å². The van der Waals surface area contributed by atoms with Gasteiger partial charge in [0, 0.05) is 42.0 Å². The summed E-state index contributed by atoms with van der Waals surface area (Å²) in [6, 6.07) is 8.51. The largest absolute Gasteiger partial charge is 0.488 e. The zero-order valence-corrected chi connectivity index (χ0v) is 18.4. The lowest BCUT2D eigenvalue weighted by molar-refractivity contribution is -0.117. The molecular weight excluding hydrogens is 406 g/mol. The molecule has 1 saturated carbocycles. The molecule has 32 heavy (non-hydrogen) atoms. The molecule has 3 aliphatic rings. The average Bonchev–Trinajstić information content (AvgIpc) is 3.32. The second-order valence-electron chi connectivity index (χ2n) is 9.46. The van der Waals surface area contributed by atoms with Crippen molar-refractivity contribution >= 4 is 17.2 Å². The van der Waals surface area contributed by atoms with E-state index in [-0.39, 0.29) is 17.4 Å². The minimum absolute atomic E-state index is 0.0578. The molecule has 3 aromatic rings. The van der Waals surface area contributed by atoms with E-state index >= 15 is 0 Å². The molecule has 1 aliphatic carbocycles. The summed E-state index contributed by atoms with van der Waals surface area (Å²) < 4.78 is 14.2. The fourth-order valence-electron chi connectivity index (χ4n) is 4.84. The first-order valence-electron chi connectivity index (χ1n) is 11.2. The highest BCUT2D eigenvalue weighted by molar-refractivity contribution is 5.93. The first-order chi connectivity index (χ1) is 15.5. The Balaban J connectivity index is 1.26. The van der Waals surface area contributed by atoms with Gasteiger partial charge in [0.15, 0.2) is 5.82 Å². The van der Waals surface area contributed by atoms with Crippen LogP contribution in [0.15, 0.2) is 36.7 Å². The van der Waals surface area contributed by atoms with Crippen LogP contribution in [0.4, 0.5) is 5.82 Å². The number of fused-ring (bicyclic) bond motifs is 3.